The molecule has 18 nitrogen and oxygen atoms in total. The Morgan fingerprint density at radius 2 is 0.912 bits per heavy atom. The minimum absolute atomic E-state index is 0. The predicted octanol–water partition coefficient (Wildman–Crippen LogP) is 7.92. The first-order valence-electron chi connectivity index (χ1n) is 15.2. The standard InChI is InChI=1S/2C16H13Cl2N5O4S.Cr/c2*1-8-15(16(25)23(22-8)13-6-9(17)2-4-11(13)18)21-20-12-7-10(28(19,26)27)3-5-14(12)24;/h2*2-7,24-25H,1H3,(H2,19,26,27);. The molecule has 2 heterocycles. The summed E-state index contributed by atoms with van der Waals surface area (Å²) in [7, 11) is -7.98. The zero-order valence-corrected chi connectivity index (χ0v) is 34.8. The molecular weight excluding hydrogens is 910 g/mol. The van der Waals surface area contributed by atoms with Gasteiger partial charge in [0.25, 0.3) is 0 Å². The van der Waals surface area contributed by atoms with E-state index in [9.17, 15) is 37.3 Å². The number of phenolic OH excluding ortho intramolecular Hbond substituents is 2. The molecule has 25 heteroatoms. The van der Waals surface area contributed by atoms with Crippen LogP contribution in [-0.2, 0) is 37.4 Å². The minimum atomic E-state index is -3.99. The fraction of sp³-hybridized carbons (Fsp3) is 0.0625. The van der Waals surface area contributed by atoms with Crippen molar-refractivity contribution in [3.05, 3.63) is 104 Å². The van der Waals surface area contributed by atoms with Gasteiger partial charge in [-0.15, -0.1) is 20.5 Å². The Labute approximate surface area is 354 Å². The van der Waals surface area contributed by atoms with Gasteiger partial charge in [-0.2, -0.15) is 19.6 Å². The molecule has 0 aliphatic heterocycles. The Kier molecular flexibility index (Phi) is 14.0. The zero-order chi connectivity index (χ0) is 41.3. The molecule has 0 atom stereocenters. The number of primary sulfonamides is 2. The van der Waals surface area contributed by atoms with Crippen LogP contribution in [0.4, 0.5) is 22.7 Å². The third-order valence-corrected chi connectivity index (χ3v) is 10.3. The average Bonchev–Trinajstić information content (AvgIpc) is 3.56. The van der Waals surface area contributed by atoms with Crippen molar-refractivity contribution >= 4 is 89.2 Å². The van der Waals surface area contributed by atoms with E-state index in [-0.39, 0.29) is 73.2 Å². The number of hydrogen-bond acceptors (Lipinski definition) is 14. The van der Waals surface area contributed by atoms with Crippen LogP contribution in [0.2, 0.25) is 20.1 Å². The van der Waals surface area contributed by atoms with Crippen LogP contribution in [0.1, 0.15) is 11.4 Å². The van der Waals surface area contributed by atoms with E-state index in [0.29, 0.717) is 42.9 Å². The Morgan fingerprint density at radius 1 is 0.561 bits per heavy atom. The predicted molar refractivity (Wildman–Crippen MR) is 207 cm³/mol. The number of nitrogens with zero attached hydrogens (tertiary/aromatic N) is 8. The molecule has 57 heavy (non-hydrogen) atoms. The molecule has 0 fully saturated rings. The summed E-state index contributed by atoms with van der Waals surface area (Å²) >= 11 is 24.2. The van der Waals surface area contributed by atoms with Gasteiger partial charge in [0.2, 0.25) is 31.8 Å². The number of aryl methyl sites for hydroxylation is 2. The molecule has 0 aliphatic carbocycles. The number of nitrogens with two attached hydrogens (primary N) is 2. The maximum Gasteiger partial charge on any atom is 0.243 e. The Morgan fingerprint density at radius 3 is 1.25 bits per heavy atom. The fourth-order valence-electron chi connectivity index (χ4n) is 4.61. The van der Waals surface area contributed by atoms with Crippen LogP contribution < -0.4 is 10.3 Å². The van der Waals surface area contributed by atoms with Gasteiger partial charge in [0.15, 0.2) is 11.4 Å². The second-order valence-electron chi connectivity index (χ2n) is 11.3. The van der Waals surface area contributed by atoms with Crippen LogP contribution in [0, 0.1) is 13.8 Å². The van der Waals surface area contributed by atoms with Crippen LogP contribution in [0.3, 0.4) is 0 Å². The van der Waals surface area contributed by atoms with Gasteiger partial charge in [-0.1, -0.05) is 46.4 Å². The molecule has 4 aromatic carbocycles. The maximum absolute atomic E-state index is 11.4. The van der Waals surface area contributed by atoms with Gasteiger partial charge in [-0.05, 0) is 86.6 Å². The van der Waals surface area contributed by atoms with Crippen molar-refractivity contribution in [3.63, 3.8) is 0 Å². The summed E-state index contributed by atoms with van der Waals surface area (Å²) in [4.78, 5) is -0.497. The average molecular weight is 937 g/mol. The molecular formula is C32H26Cl4CrN10O8S2. The van der Waals surface area contributed by atoms with Gasteiger partial charge in [0.05, 0.1) is 42.6 Å². The second kappa shape index (κ2) is 17.8. The topological polar surface area (TPSA) is 286 Å². The summed E-state index contributed by atoms with van der Waals surface area (Å²) < 4.78 is 48.1. The maximum atomic E-state index is 11.4. The first-order chi connectivity index (χ1) is 26.1. The molecule has 0 unspecified atom stereocenters. The van der Waals surface area contributed by atoms with E-state index in [1.807, 2.05) is 0 Å². The third-order valence-electron chi connectivity index (χ3n) is 7.35. The van der Waals surface area contributed by atoms with Gasteiger partial charge in [0.1, 0.15) is 22.9 Å². The van der Waals surface area contributed by atoms with Gasteiger partial charge in [0, 0.05) is 27.4 Å². The summed E-state index contributed by atoms with van der Waals surface area (Å²) in [5, 5.41) is 75.9. The van der Waals surface area contributed by atoms with E-state index in [4.69, 9.17) is 56.7 Å². The minimum Gasteiger partial charge on any atom is -0.506 e. The van der Waals surface area contributed by atoms with Gasteiger partial charge in [-0.3, -0.25) is 0 Å². The van der Waals surface area contributed by atoms with Crippen molar-refractivity contribution in [2.45, 2.75) is 23.6 Å². The summed E-state index contributed by atoms with van der Waals surface area (Å²) in [6.07, 6.45) is 0. The fourth-order valence-corrected chi connectivity index (χ4v) is 6.40. The smallest absolute Gasteiger partial charge is 0.243 e. The zero-order valence-electron chi connectivity index (χ0n) is 28.8. The van der Waals surface area contributed by atoms with Crippen molar-refractivity contribution in [2.24, 2.45) is 30.7 Å². The Balaban J connectivity index is 0.000000248. The number of benzene rings is 4. The molecule has 0 spiro atoms. The molecule has 2 aromatic heterocycles. The van der Waals surface area contributed by atoms with Crippen LogP contribution in [-0.4, -0.2) is 56.8 Å². The largest absolute Gasteiger partial charge is 0.506 e. The molecule has 298 valence electrons. The molecule has 0 aliphatic rings. The van der Waals surface area contributed by atoms with Crippen LogP contribution in [0.25, 0.3) is 11.4 Å². The van der Waals surface area contributed by atoms with E-state index < -0.39 is 20.0 Å². The second-order valence-corrected chi connectivity index (χ2v) is 16.1. The first kappa shape index (κ1) is 44.9. The Hall–Kier alpha value is -4.79. The number of rotatable bonds is 8. The van der Waals surface area contributed by atoms with Crippen molar-refractivity contribution in [1.29, 1.82) is 0 Å². The van der Waals surface area contributed by atoms with Crippen LogP contribution in [0.5, 0.6) is 23.3 Å². The van der Waals surface area contributed by atoms with Crippen LogP contribution >= 0.6 is 46.4 Å². The number of aromatic nitrogens is 4. The van der Waals surface area contributed by atoms with Gasteiger partial charge in [-0.25, -0.2) is 27.1 Å². The normalized spacial score (nSPS) is 11.8. The summed E-state index contributed by atoms with van der Waals surface area (Å²) in [5.41, 5.74) is 0.954. The number of azo groups is 2. The number of phenols is 2. The van der Waals surface area contributed by atoms with E-state index in [0.717, 1.165) is 45.8 Å². The number of halogens is 4. The summed E-state index contributed by atoms with van der Waals surface area (Å²) in [6.45, 7) is 3.15. The van der Waals surface area contributed by atoms with E-state index in [1.54, 1.807) is 38.1 Å². The van der Waals surface area contributed by atoms with Crippen LogP contribution in [0.15, 0.2) is 103 Å². The first-order valence-corrected chi connectivity index (χ1v) is 19.8. The van der Waals surface area contributed by atoms with E-state index >= 15 is 0 Å². The Bertz CT molecular complexity index is 2610. The molecule has 0 amide bonds. The van der Waals surface area contributed by atoms with E-state index in [1.165, 1.54) is 12.1 Å². The number of hydrogen-bond donors (Lipinski definition) is 6. The van der Waals surface area contributed by atoms with E-state index in [2.05, 4.69) is 30.7 Å². The van der Waals surface area contributed by atoms with Crippen molar-refractivity contribution < 1.29 is 54.6 Å². The molecule has 0 saturated heterocycles. The number of aromatic hydroxyl groups is 4. The molecule has 0 saturated carbocycles. The molecule has 8 N–H and O–H groups in total. The van der Waals surface area contributed by atoms with Gasteiger partial charge >= 0.3 is 0 Å². The van der Waals surface area contributed by atoms with Crippen molar-refractivity contribution in [3.8, 4) is 34.6 Å². The quantitative estimate of drug-likeness (QED) is 0.0801. The van der Waals surface area contributed by atoms with Crippen molar-refractivity contribution in [2.75, 3.05) is 0 Å². The molecule has 0 bridgehead atoms. The summed E-state index contributed by atoms with van der Waals surface area (Å²) in [5.74, 6) is -1.38. The molecule has 0 radical (unpaired) electrons. The molecule has 6 aromatic rings. The van der Waals surface area contributed by atoms with Crippen molar-refractivity contribution in [1.82, 2.24) is 19.6 Å². The molecule has 6 rings (SSSR count). The summed E-state index contributed by atoms with van der Waals surface area (Å²) in [6, 6.07) is 15.9. The SMILES string of the molecule is Cc1nn(-c2cc(Cl)ccc2Cl)c(O)c1N=Nc1cc(S(N)(=O)=O)ccc1O.Cc1nn(-c2cc(Cl)ccc2Cl)c(O)c1N=Nc1cc(S(N)(=O)=O)ccc1O.[Cr]. The van der Waals surface area contributed by atoms with Gasteiger partial charge < -0.3 is 20.4 Å². The monoisotopic (exact) mass is 934 g/mol. The number of sulfonamides is 2. The third kappa shape index (κ3) is 10.4.